The third kappa shape index (κ3) is 2.27. The fourth-order valence-electron chi connectivity index (χ4n) is 0.903. The first-order chi connectivity index (χ1) is 6.50. The van der Waals surface area contributed by atoms with Crippen LogP contribution in [0.5, 0.6) is 0 Å². The predicted octanol–water partition coefficient (Wildman–Crippen LogP) is 0.226. The van der Waals surface area contributed by atoms with Crippen LogP contribution in [-0.2, 0) is 19.1 Å². The minimum absolute atomic E-state index is 0.293. The largest absolute Gasteiger partial charge is 0.466 e. The Hall–Kier alpha value is -1.01. The van der Waals surface area contributed by atoms with E-state index in [0.717, 1.165) is 17.8 Å². The van der Waals surface area contributed by atoms with Crippen LogP contribution < -0.4 is 5.32 Å². The lowest BCUT2D eigenvalue weighted by Gasteiger charge is -2.19. The van der Waals surface area contributed by atoms with Crippen molar-refractivity contribution in [3.8, 4) is 0 Å². The smallest absolute Gasteiger partial charge is 0.331 e. The topological polar surface area (TPSA) is 64.6 Å². The number of hydrogen-bond acceptors (Lipinski definition) is 5. The van der Waals surface area contributed by atoms with Crippen molar-refractivity contribution in [1.82, 2.24) is 5.32 Å². The first kappa shape index (κ1) is 11.1. The number of amides is 1. The molecule has 14 heavy (non-hydrogen) atoms. The number of ether oxygens (including phenoxy) is 2. The Kier molecular flexibility index (Phi) is 3.17. The van der Waals surface area contributed by atoms with Crippen molar-refractivity contribution in [2.75, 3.05) is 14.2 Å². The Morgan fingerprint density at radius 3 is 2.64 bits per heavy atom. The normalized spacial score (nSPS) is 29.1. The molecule has 1 atom stereocenters. The Morgan fingerprint density at radius 2 is 2.21 bits per heavy atom. The highest BCUT2D eigenvalue weighted by atomic mass is 32.2. The Bertz CT molecular complexity index is 302. The van der Waals surface area contributed by atoms with Gasteiger partial charge in [-0.1, -0.05) is 11.8 Å². The van der Waals surface area contributed by atoms with Crippen molar-refractivity contribution >= 4 is 23.6 Å². The zero-order chi connectivity index (χ0) is 10.8. The van der Waals surface area contributed by atoms with Crippen molar-refractivity contribution in [3.05, 3.63) is 11.0 Å². The van der Waals surface area contributed by atoms with E-state index in [1.54, 1.807) is 6.92 Å². The second-order valence-electron chi connectivity index (χ2n) is 2.74. The molecule has 5 nitrogen and oxygen atoms in total. The van der Waals surface area contributed by atoms with Gasteiger partial charge in [0, 0.05) is 13.2 Å². The first-order valence-corrected chi connectivity index (χ1v) is 4.69. The summed E-state index contributed by atoms with van der Waals surface area (Å²) in [6.07, 6.45) is 1.14. The molecular formula is C8H11NO4S. The fourth-order valence-corrected chi connectivity index (χ4v) is 1.85. The lowest BCUT2D eigenvalue weighted by molar-refractivity contribution is -0.135. The summed E-state index contributed by atoms with van der Waals surface area (Å²) in [5.41, 5.74) is 0. The maximum Gasteiger partial charge on any atom is 0.331 e. The Balaban J connectivity index is 2.80. The summed E-state index contributed by atoms with van der Waals surface area (Å²) in [7, 11) is 2.74. The molecule has 0 aromatic carbocycles. The molecule has 78 valence electrons. The van der Waals surface area contributed by atoms with E-state index in [-0.39, 0.29) is 5.91 Å². The van der Waals surface area contributed by atoms with Crippen LogP contribution in [0.15, 0.2) is 11.0 Å². The zero-order valence-corrected chi connectivity index (χ0v) is 8.94. The molecule has 0 aromatic heterocycles. The van der Waals surface area contributed by atoms with Gasteiger partial charge in [0.2, 0.25) is 0 Å². The van der Waals surface area contributed by atoms with Gasteiger partial charge < -0.3 is 14.8 Å². The van der Waals surface area contributed by atoms with E-state index in [2.05, 4.69) is 10.1 Å². The van der Waals surface area contributed by atoms with Crippen molar-refractivity contribution < 1.29 is 19.1 Å². The maximum absolute atomic E-state index is 11.3. The van der Waals surface area contributed by atoms with Crippen LogP contribution >= 0.6 is 11.8 Å². The van der Waals surface area contributed by atoms with Crippen molar-refractivity contribution in [2.45, 2.75) is 12.0 Å². The van der Waals surface area contributed by atoms with Gasteiger partial charge in [-0.3, -0.25) is 4.79 Å². The number of nitrogens with one attached hydrogen (secondary N) is 1. The number of carbonyl (C=O) groups is 2. The summed E-state index contributed by atoms with van der Waals surface area (Å²) in [6.45, 7) is 1.70. The molecule has 1 aliphatic heterocycles. The van der Waals surface area contributed by atoms with Crippen LogP contribution in [0.1, 0.15) is 6.92 Å². The molecular weight excluding hydrogens is 206 g/mol. The minimum Gasteiger partial charge on any atom is -0.466 e. The number of rotatable bonds is 2. The van der Waals surface area contributed by atoms with Crippen LogP contribution in [0, 0.1) is 0 Å². The average molecular weight is 217 g/mol. The van der Waals surface area contributed by atoms with Gasteiger partial charge in [-0.15, -0.1) is 0 Å². The van der Waals surface area contributed by atoms with E-state index in [1.165, 1.54) is 14.2 Å². The van der Waals surface area contributed by atoms with Crippen molar-refractivity contribution in [3.63, 3.8) is 0 Å². The van der Waals surface area contributed by atoms with Gasteiger partial charge in [-0.25, -0.2) is 4.79 Å². The van der Waals surface area contributed by atoms with E-state index >= 15 is 0 Å². The van der Waals surface area contributed by atoms with Gasteiger partial charge in [-0.2, -0.15) is 0 Å². The van der Waals surface area contributed by atoms with Crippen LogP contribution in [-0.4, -0.2) is 31.2 Å². The molecule has 1 fully saturated rings. The van der Waals surface area contributed by atoms with Gasteiger partial charge >= 0.3 is 5.97 Å². The highest BCUT2D eigenvalue weighted by molar-refractivity contribution is 8.05. The fraction of sp³-hybridized carbons (Fsp3) is 0.500. The standard InChI is InChI=1S/C8H11NO4S/c1-8(13-3)9-7(11)5(14-8)4-6(10)12-2/h4H,1-3H3,(H,9,11)/b5-4-. The lowest BCUT2D eigenvalue weighted by Crippen LogP contribution is -2.37. The molecule has 6 heteroatoms. The van der Waals surface area contributed by atoms with Crippen LogP contribution in [0.4, 0.5) is 0 Å². The minimum atomic E-state index is -0.795. The van der Waals surface area contributed by atoms with Crippen molar-refractivity contribution in [1.29, 1.82) is 0 Å². The van der Waals surface area contributed by atoms with Crippen LogP contribution in [0.3, 0.4) is 0 Å². The van der Waals surface area contributed by atoms with Crippen LogP contribution in [0.2, 0.25) is 0 Å². The van der Waals surface area contributed by atoms with E-state index < -0.39 is 11.0 Å². The molecule has 0 saturated carbocycles. The van der Waals surface area contributed by atoms with Gasteiger partial charge in [0.1, 0.15) is 0 Å². The first-order valence-electron chi connectivity index (χ1n) is 3.87. The summed E-state index contributed by atoms with van der Waals surface area (Å²) in [6, 6.07) is 0. The molecule has 0 radical (unpaired) electrons. The molecule has 0 aromatic rings. The lowest BCUT2D eigenvalue weighted by atomic mass is 10.4. The SMILES string of the molecule is COC(=O)/C=C1\SC(C)(OC)NC1=O. The van der Waals surface area contributed by atoms with E-state index in [1.807, 2.05) is 0 Å². The summed E-state index contributed by atoms with van der Waals surface area (Å²) in [5, 5.41) is 1.79. The second-order valence-corrected chi connectivity index (χ2v) is 4.16. The molecule has 1 unspecified atom stereocenters. The molecule has 1 heterocycles. The third-order valence-electron chi connectivity index (χ3n) is 1.71. The number of thioether (sulfide) groups is 1. The summed E-state index contributed by atoms with van der Waals surface area (Å²) in [5.74, 6) is -0.882. The molecule has 1 aliphatic rings. The average Bonchev–Trinajstić information content (AvgIpc) is 2.43. The number of methoxy groups -OCH3 is 2. The Labute approximate surface area is 85.8 Å². The highest BCUT2D eigenvalue weighted by Gasteiger charge is 2.38. The van der Waals surface area contributed by atoms with E-state index in [4.69, 9.17) is 4.74 Å². The molecule has 1 rings (SSSR count). The van der Waals surface area contributed by atoms with Crippen molar-refractivity contribution in [2.24, 2.45) is 0 Å². The molecule has 1 saturated heterocycles. The Morgan fingerprint density at radius 1 is 1.57 bits per heavy atom. The van der Waals surface area contributed by atoms with E-state index in [9.17, 15) is 9.59 Å². The summed E-state index contributed by atoms with van der Waals surface area (Å²) in [4.78, 5) is 22.5. The van der Waals surface area contributed by atoms with Crippen LogP contribution in [0.25, 0.3) is 0 Å². The number of carbonyl (C=O) groups excluding carboxylic acids is 2. The highest BCUT2D eigenvalue weighted by Crippen LogP contribution is 2.36. The second kappa shape index (κ2) is 4.02. The van der Waals surface area contributed by atoms with Gasteiger partial charge in [0.25, 0.3) is 5.91 Å². The molecule has 0 spiro atoms. The zero-order valence-electron chi connectivity index (χ0n) is 8.12. The number of esters is 1. The number of hydrogen-bond donors (Lipinski definition) is 1. The quantitative estimate of drug-likeness (QED) is 0.529. The van der Waals surface area contributed by atoms with E-state index in [0.29, 0.717) is 4.91 Å². The predicted molar refractivity (Wildman–Crippen MR) is 51.2 cm³/mol. The molecule has 1 amide bonds. The maximum atomic E-state index is 11.3. The molecule has 0 aliphatic carbocycles. The van der Waals surface area contributed by atoms with Gasteiger partial charge in [0.05, 0.1) is 12.0 Å². The summed E-state index contributed by atoms with van der Waals surface area (Å²) >= 11 is 1.14. The molecule has 0 bridgehead atoms. The van der Waals surface area contributed by atoms with Gasteiger partial charge in [-0.05, 0) is 6.92 Å². The van der Waals surface area contributed by atoms with Gasteiger partial charge in [0.15, 0.2) is 5.06 Å². The third-order valence-corrected chi connectivity index (χ3v) is 2.89. The monoisotopic (exact) mass is 217 g/mol. The molecule has 1 N–H and O–H groups in total. The summed E-state index contributed by atoms with van der Waals surface area (Å²) < 4.78 is 9.47.